The van der Waals surface area contributed by atoms with Gasteiger partial charge in [0.1, 0.15) is 11.5 Å². The summed E-state index contributed by atoms with van der Waals surface area (Å²) in [4.78, 5) is 14.6. The molecule has 0 atom stereocenters. The molecule has 0 bridgehead atoms. The smallest absolute Gasteiger partial charge is 0.243 e. The summed E-state index contributed by atoms with van der Waals surface area (Å²) in [5.41, 5.74) is 1.88. The van der Waals surface area contributed by atoms with Crippen LogP contribution in [0.1, 0.15) is 11.1 Å². The Morgan fingerprint density at radius 2 is 1.60 bits per heavy atom. The molecule has 0 N–H and O–H groups in total. The van der Waals surface area contributed by atoms with Crippen LogP contribution in [-0.4, -0.2) is 57.9 Å². The van der Waals surface area contributed by atoms with Crippen molar-refractivity contribution in [2.75, 3.05) is 34.4 Å². The molecule has 0 saturated heterocycles. The molecule has 0 aliphatic rings. The Hall–Kier alpha value is -3.07. The molecule has 0 saturated carbocycles. The summed E-state index contributed by atoms with van der Waals surface area (Å²) in [7, 11) is 0.697. The number of halogens is 1. The van der Waals surface area contributed by atoms with Gasteiger partial charge in [0.2, 0.25) is 15.9 Å². The number of amides is 1. The quantitative estimate of drug-likeness (QED) is 0.381. The van der Waals surface area contributed by atoms with Crippen LogP contribution in [0.25, 0.3) is 0 Å². The summed E-state index contributed by atoms with van der Waals surface area (Å²) in [5, 5.41) is 0.180. The molecule has 0 heterocycles. The van der Waals surface area contributed by atoms with E-state index in [1.807, 2.05) is 54.6 Å². The number of likely N-dealkylation sites (N-methyl/N-ethyl adjacent to an activating group) is 1. The highest BCUT2D eigenvalue weighted by Gasteiger charge is 2.28. The van der Waals surface area contributed by atoms with Crippen molar-refractivity contribution in [3.05, 3.63) is 88.9 Å². The van der Waals surface area contributed by atoms with Gasteiger partial charge < -0.3 is 14.4 Å². The van der Waals surface area contributed by atoms with Crippen LogP contribution in [0.5, 0.6) is 11.5 Å². The van der Waals surface area contributed by atoms with Gasteiger partial charge in [-0.05, 0) is 47.9 Å². The lowest BCUT2D eigenvalue weighted by Crippen LogP contribution is -2.42. The van der Waals surface area contributed by atoms with Gasteiger partial charge in [-0.3, -0.25) is 4.79 Å². The molecule has 0 aliphatic carbocycles. The number of benzene rings is 3. The minimum absolute atomic E-state index is 0.00182. The number of hydrogen-bond acceptors (Lipinski definition) is 5. The Balaban J connectivity index is 1.81. The van der Waals surface area contributed by atoms with E-state index in [1.165, 1.54) is 34.5 Å². The highest BCUT2D eigenvalue weighted by molar-refractivity contribution is 7.89. The standard InChI is InChI=1S/C26H29ClN2O5S/c1-28(18-21-9-11-22(33-2)12-10-21)26(30)19-29(16-15-20-7-5-4-6-8-20)35(31,32)23-13-14-25(34-3)24(27)17-23/h4-14,17H,15-16,18-19H2,1-3H3. The molecule has 3 rings (SSSR count). The molecular formula is C26H29ClN2O5S. The van der Waals surface area contributed by atoms with Crippen molar-refractivity contribution in [2.45, 2.75) is 17.9 Å². The van der Waals surface area contributed by atoms with Crippen LogP contribution in [-0.2, 0) is 27.8 Å². The predicted octanol–water partition coefficient (Wildman–Crippen LogP) is 4.25. The first-order valence-electron chi connectivity index (χ1n) is 11.0. The van der Waals surface area contributed by atoms with Crippen LogP contribution in [0.15, 0.2) is 77.7 Å². The summed E-state index contributed by atoms with van der Waals surface area (Å²) < 4.78 is 38.6. The zero-order chi connectivity index (χ0) is 25.4. The fourth-order valence-corrected chi connectivity index (χ4v) is 5.24. The number of carbonyl (C=O) groups is 1. The van der Waals surface area contributed by atoms with Crippen LogP contribution >= 0.6 is 11.6 Å². The van der Waals surface area contributed by atoms with Crippen molar-refractivity contribution < 1.29 is 22.7 Å². The van der Waals surface area contributed by atoms with Gasteiger partial charge in [-0.25, -0.2) is 8.42 Å². The zero-order valence-electron chi connectivity index (χ0n) is 20.0. The molecule has 0 unspecified atom stereocenters. The van der Waals surface area contributed by atoms with E-state index < -0.39 is 10.0 Å². The highest BCUT2D eigenvalue weighted by Crippen LogP contribution is 2.28. The second-order valence-electron chi connectivity index (χ2n) is 7.97. The number of ether oxygens (including phenoxy) is 2. The molecule has 0 aliphatic heterocycles. The normalized spacial score (nSPS) is 11.3. The topological polar surface area (TPSA) is 76.2 Å². The summed E-state index contributed by atoms with van der Waals surface area (Å²) in [6.45, 7) is 0.174. The van der Waals surface area contributed by atoms with Gasteiger partial charge in [0.15, 0.2) is 0 Å². The maximum atomic E-state index is 13.5. The van der Waals surface area contributed by atoms with Gasteiger partial charge in [0, 0.05) is 20.1 Å². The molecule has 3 aromatic rings. The van der Waals surface area contributed by atoms with Gasteiger partial charge >= 0.3 is 0 Å². The monoisotopic (exact) mass is 516 g/mol. The van der Waals surface area contributed by atoms with Gasteiger partial charge in [-0.2, -0.15) is 4.31 Å². The maximum Gasteiger partial charge on any atom is 0.243 e. The molecule has 0 fully saturated rings. The molecule has 9 heteroatoms. The van der Waals surface area contributed by atoms with Crippen molar-refractivity contribution in [3.8, 4) is 11.5 Å². The van der Waals surface area contributed by atoms with E-state index in [9.17, 15) is 13.2 Å². The van der Waals surface area contributed by atoms with E-state index in [-0.39, 0.29) is 28.9 Å². The maximum absolute atomic E-state index is 13.5. The Morgan fingerprint density at radius 1 is 0.914 bits per heavy atom. The van der Waals surface area contributed by atoms with E-state index in [1.54, 1.807) is 14.2 Å². The predicted molar refractivity (Wildman–Crippen MR) is 136 cm³/mol. The fraction of sp³-hybridized carbons (Fsp3) is 0.269. The molecular weight excluding hydrogens is 488 g/mol. The molecule has 3 aromatic carbocycles. The number of nitrogens with zero attached hydrogens (tertiary/aromatic N) is 2. The SMILES string of the molecule is COc1ccc(CN(C)C(=O)CN(CCc2ccccc2)S(=O)(=O)c2ccc(OC)c(Cl)c2)cc1. The van der Waals surface area contributed by atoms with Crippen molar-refractivity contribution in [2.24, 2.45) is 0 Å². The Bertz CT molecular complexity index is 1230. The number of methoxy groups -OCH3 is 2. The third-order valence-electron chi connectivity index (χ3n) is 5.57. The molecule has 186 valence electrons. The second kappa shape index (κ2) is 12.1. The first kappa shape index (κ1) is 26.5. The van der Waals surface area contributed by atoms with E-state index in [0.717, 1.165) is 16.9 Å². The fourth-order valence-electron chi connectivity index (χ4n) is 3.50. The molecule has 0 aromatic heterocycles. The molecule has 35 heavy (non-hydrogen) atoms. The Labute approximate surface area is 211 Å². The number of sulfonamides is 1. The van der Waals surface area contributed by atoms with Crippen molar-refractivity contribution >= 4 is 27.5 Å². The first-order chi connectivity index (χ1) is 16.7. The van der Waals surface area contributed by atoms with E-state index in [4.69, 9.17) is 21.1 Å². The van der Waals surface area contributed by atoms with E-state index >= 15 is 0 Å². The molecule has 0 spiro atoms. The number of rotatable bonds is 11. The summed E-state index contributed by atoms with van der Waals surface area (Å²) in [5.74, 6) is 0.771. The third-order valence-corrected chi connectivity index (χ3v) is 7.71. The van der Waals surface area contributed by atoms with E-state index in [0.29, 0.717) is 18.7 Å². The van der Waals surface area contributed by atoms with Crippen molar-refractivity contribution in [1.29, 1.82) is 0 Å². The van der Waals surface area contributed by atoms with Crippen LogP contribution in [0.3, 0.4) is 0 Å². The van der Waals surface area contributed by atoms with Gasteiger partial charge in [0.05, 0.1) is 30.7 Å². The first-order valence-corrected chi connectivity index (χ1v) is 12.8. The average molecular weight is 517 g/mol. The van der Waals surface area contributed by atoms with Gasteiger partial charge in [-0.1, -0.05) is 54.1 Å². The largest absolute Gasteiger partial charge is 0.497 e. The second-order valence-corrected chi connectivity index (χ2v) is 10.3. The van der Waals surface area contributed by atoms with Crippen LogP contribution in [0.2, 0.25) is 5.02 Å². The lowest BCUT2D eigenvalue weighted by Gasteiger charge is -2.25. The molecule has 1 amide bonds. The lowest BCUT2D eigenvalue weighted by molar-refractivity contribution is -0.130. The Kier molecular flexibility index (Phi) is 9.14. The van der Waals surface area contributed by atoms with Crippen LogP contribution < -0.4 is 9.47 Å². The van der Waals surface area contributed by atoms with Gasteiger partial charge in [0.25, 0.3) is 0 Å². The van der Waals surface area contributed by atoms with Crippen LogP contribution in [0.4, 0.5) is 0 Å². The van der Waals surface area contributed by atoms with Crippen LogP contribution in [0, 0.1) is 0 Å². The molecule has 7 nitrogen and oxygen atoms in total. The summed E-state index contributed by atoms with van der Waals surface area (Å²) in [6, 6.07) is 21.2. The molecule has 0 radical (unpaired) electrons. The van der Waals surface area contributed by atoms with Crippen molar-refractivity contribution in [3.63, 3.8) is 0 Å². The highest BCUT2D eigenvalue weighted by atomic mass is 35.5. The number of hydrogen-bond donors (Lipinski definition) is 0. The zero-order valence-corrected chi connectivity index (χ0v) is 21.6. The third kappa shape index (κ3) is 6.97. The van der Waals surface area contributed by atoms with E-state index in [2.05, 4.69) is 0 Å². The summed E-state index contributed by atoms with van der Waals surface area (Å²) in [6.07, 6.45) is 0.458. The van der Waals surface area contributed by atoms with Crippen molar-refractivity contribution in [1.82, 2.24) is 9.21 Å². The number of carbonyl (C=O) groups excluding carboxylic acids is 1. The lowest BCUT2D eigenvalue weighted by atomic mass is 10.1. The minimum Gasteiger partial charge on any atom is -0.497 e. The average Bonchev–Trinajstić information content (AvgIpc) is 2.87. The Morgan fingerprint density at radius 3 is 2.20 bits per heavy atom. The van der Waals surface area contributed by atoms with Gasteiger partial charge in [-0.15, -0.1) is 0 Å². The summed E-state index contributed by atoms with van der Waals surface area (Å²) >= 11 is 6.19. The minimum atomic E-state index is -4.00.